The van der Waals surface area contributed by atoms with Gasteiger partial charge in [-0.2, -0.15) is 0 Å². The van der Waals surface area contributed by atoms with Crippen molar-refractivity contribution in [2.75, 3.05) is 0 Å². The minimum atomic E-state index is 0. The standard InChI is InChI=1S/C5H8O.ClH/c1-2-3-4-5-6;/h2,5H,1,3-4H2;1H. The Morgan fingerprint density at radius 2 is 2.00 bits per heavy atom. The fourth-order valence-corrected chi connectivity index (χ4v) is 0.186. The van der Waals surface area contributed by atoms with Crippen LogP contribution in [-0.2, 0) is 4.79 Å². The fourth-order valence-electron chi connectivity index (χ4n) is 0.186. The number of hydrogen-bond acceptors (Lipinski definition) is 1. The topological polar surface area (TPSA) is 17.1 Å². The molecule has 42 valence electrons. The summed E-state index contributed by atoms with van der Waals surface area (Å²) in [5, 5.41) is 0. The molecule has 0 N–H and O–H groups in total. The van der Waals surface area contributed by atoms with Crippen molar-refractivity contribution in [3.8, 4) is 0 Å². The van der Waals surface area contributed by atoms with Gasteiger partial charge >= 0.3 is 0 Å². The molecule has 0 aliphatic carbocycles. The first-order chi connectivity index (χ1) is 2.91. The summed E-state index contributed by atoms with van der Waals surface area (Å²) in [6.07, 6.45) is 4.04. The Hall–Kier alpha value is -0.300. The third-order valence-electron chi connectivity index (χ3n) is 0.489. The van der Waals surface area contributed by atoms with Crippen LogP contribution in [0.5, 0.6) is 0 Å². The Kier molecular flexibility index (Phi) is 12.9. The van der Waals surface area contributed by atoms with Gasteiger partial charge in [-0.25, -0.2) is 0 Å². The Morgan fingerprint density at radius 3 is 2.14 bits per heavy atom. The van der Waals surface area contributed by atoms with E-state index in [9.17, 15) is 4.79 Å². The van der Waals surface area contributed by atoms with E-state index in [1.807, 2.05) is 0 Å². The SMILES string of the molecule is C=CCCC=O.Cl. The van der Waals surface area contributed by atoms with Gasteiger partial charge in [0, 0.05) is 6.42 Å². The first-order valence-electron chi connectivity index (χ1n) is 1.96. The number of hydrogen-bond donors (Lipinski definition) is 0. The zero-order chi connectivity index (χ0) is 4.83. The number of carbonyl (C=O) groups is 1. The maximum absolute atomic E-state index is 9.52. The summed E-state index contributed by atoms with van der Waals surface area (Å²) in [5.74, 6) is 0. The van der Waals surface area contributed by atoms with Gasteiger partial charge in [0.15, 0.2) is 0 Å². The summed E-state index contributed by atoms with van der Waals surface area (Å²) in [6, 6.07) is 0. The van der Waals surface area contributed by atoms with Crippen molar-refractivity contribution in [1.82, 2.24) is 0 Å². The minimum Gasteiger partial charge on any atom is -0.303 e. The second-order valence-corrected chi connectivity index (χ2v) is 1.03. The molecule has 0 radical (unpaired) electrons. The van der Waals surface area contributed by atoms with Crippen LogP contribution in [0.25, 0.3) is 0 Å². The lowest BCUT2D eigenvalue weighted by Crippen LogP contribution is -1.66. The van der Waals surface area contributed by atoms with Gasteiger partial charge in [-0.1, -0.05) is 6.08 Å². The van der Waals surface area contributed by atoms with E-state index in [0.717, 1.165) is 12.7 Å². The van der Waals surface area contributed by atoms with Crippen molar-refractivity contribution in [2.45, 2.75) is 12.8 Å². The maximum Gasteiger partial charge on any atom is 0.120 e. The molecule has 1 nitrogen and oxygen atoms in total. The Morgan fingerprint density at radius 1 is 1.43 bits per heavy atom. The van der Waals surface area contributed by atoms with Gasteiger partial charge < -0.3 is 4.79 Å². The van der Waals surface area contributed by atoms with Crippen LogP contribution in [0.4, 0.5) is 0 Å². The lowest BCUT2D eigenvalue weighted by molar-refractivity contribution is -0.107. The van der Waals surface area contributed by atoms with Crippen molar-refractivity contribution < 1.29 is 4.79 Å². The molecule has 0 fully saturated rings. The summed E-state index contributed by atoms with van der Waals surface area (Å²) in [5.41, 5.74) is 0. The van der Waals surface area contributed by atoms with E-state index >= 15 is 0 Å². The van der Waals surface area contributed by atoms with E-state index in [4.69, 9.17) is 0 Å². The molecule has 0 aliphatic rings. The van der Waals surface area contributed by atoms with Crippen molar-refractivity contribution >= 4 is 18.7 Å². The van der Waals surface area contributed by atoms with E-state index in [0.29, 0.717) is 6.42 Å². The fraction of sp³-hybridized carbons (Fsp3) is 0.400. The molecule has 0 aliphatic heterocycles. The lowest BCUT2D eigenvalue weighted by atomic mass is 10.3. The van der Waals surface area contributed by atoms with E-state index in [1.54, 1.807) is 6.08 Å². The Balaban J connectivity index is 0. The van der Waals surface area contributed by atoms with Gasteiger partial charge in [-0.3, -0.25) is 0 Å². The van der Waals surface area contributed by atoms with Crippen LogP contribution in [0.3, 0.4) is 0 Å². The Labute approximate surface area is 49.8 Å². The Bertz CT molecular complexity index is 44.0. The number of halogens is 1. The first-order valence-corrected chi connectivity index (χ1v) is 1.96. The molecular weight excluding hydrogens is 112 g/mol. The molecule has 0 rings (SSSR count). The van der Waals surface area contributed by atoms with Crippen LogP contribution in [-0.4, -0.2) is 6.29 Å². The highest BCUT2D eigenvalue weighted by Gasteiger charge is 1.70. The average molecular weight is 121 g/mol. The summed E-state index contributed by atoms with van der Waals surface area (Å²) in [7, 11) is 0. The first kappa shape index (κ1) is 9.85. The molecular formula is C5H9ClO. The van der Waals surface area contributed by atoms with Gasteiger partial charge in [0.25, 0.3) is 0 Å². The highest BCUT2D eigenvalue weighted by atomic mass is 35.5. The zero-order valence-corrected chi connectivity index (χ0v) is 4.91. The maximum atomic E-state index is 9.52. The largest absolute Gasteiger partial charge is 0.303 e. The van der Waals surface area contributed by atoms with E-state index in [-0.39, 0.29) is 12.4 Å². The predicted octanol–water partition coefficient (Wildman–Crippen LogP) is 1.57. The predicted molar refractivity (Wildman–Crippen MR) is 32.7 cm³/mol. The second-order valence-electron chi connectivity index (χ2n) is 1.03. The molecule has 0 unspecified atom stereocenters. The normalized spacial score (nSPS) is 6.29. The summed E-state index contributed by atoms with van der Waals surface area (Å²) >= 11 is 0. The summed E-state index contributed by atoms with van der Waals surface area (Å²) in [6.45, 7) is 3.44. The number of unbranched alkanes of at least 4 members (excludes halogenated alkanes) is 1. The van der Waals surface area contributed by atoms with E-state index in [1.165, 1.54) is 0 Å². The van der Waals surface area contributed by atoms with Crippen molar-refractivity contribution in [3.05, 3.63) is 12.7 Å². The molecule has 0 bridgehead atoms. The highest BCUT2D eigenvalue weighted by Crippen LogP contribution is 1.80. The van der Waals surface area contributed by atoms with Gasteiger partial charge in [-0.15, -0.1) is 19.0 Å². The van der Waals surface area contributed by atoms with Crippen LogP contribution in [0.15, 0.2) is 12.7 Å². The van der Waals surface area contributed by atoms with Crippen LogP contribution in [0.1, 0.15) is 12.8 Å². The molecule has 0 amide bonds. The van der Waals surface area contributed by atoms with Crippen LogP contribution in [0.2, 0.25) is 0 Å². The van der Waals surface area contributed by atoms with Gasteiger partial charge in [-0.05, 0) is 6.42 Å². The molecule has 0 atom stereocenters. The quantitative estimate of drug-likeness (QED) is 0.314. The van der Waals surface area contributed by atoms with Gasteiger partial charge in [0.2, 0.25) is 0 Å². The third kappa shape index (κ3) is 10.7. The van der Waals surface area contributed by atoms with E-state index < -0.39 is 0 Å². The van der Waals surface area contributed by atoms with Crippen LogP contribution >= 0.6 is 12.4 Å². The summed E-state index contributed by atoms with van der Waals surface area (Å²) in [4.78, 5) is 9.52. The molecule has 0 aromatic carbocycles. The van der Waals surface area contributed by atoms with Crippen molar-refractivity contribution in [3.63, 3.8) is 0 Å². The highest BCUT2D eigenvalue weighted by molar-refractivity contribution is 5.85. The average Bonchev–Trinajstić information content (AvgIpc) is 1.61. The molecule has 2 heteroatoms. The lowest BCUT2D eigenvalue weighted by Gasteiger charge is -1.72. The van der Waals surface area contributed by atoms with Gasteiger partial charge in [0.1, 0.15) is 6.29 Å². The molecule has 0 saturated heterocycles. The molecule has 0 saturated carbocycles. The molecule has 0 heterocycles. The van der Waals surface area contributed by atoms with Crippen molar-refractivity contribution in [2.24, 2.45) is 0 Å². The van der Waals surface area contributed by atoms with Crippen molar-refractivity contribution in [1.29, 1.82) is 0 Å². The number of carbonyl (C=O) groups excluding carboxylic acids is 1. The minimum absolute atomic E-state index is 0. The van der Waals surface area contributed by atoms with Gasteiger partial charge in [0.05, 0.1) is 0 Å². The third-order valence-corrected chi connectivity index (χ3v) is 0.489. The second kappa shape index (κ2) is 9.20. The summed E-state index contributed by atoms with van der Waals surface area (Å²) < 4.78 is 0. The number of aldehydes is 1. The monoisotopic (exact) mass is 120 g/mol. The number of rotatable bonds is 3. The molecule has 0 aromatic rings. The molecule has 0 spiro atoms. The number of allylic oxidation sites excluding steroid dienone is 1. The van der Waals surface area contributed by atoms with Crippen LogP contribution in [0, 0.1) is 0 Å². The zero-order valence-electron chi connectivity index (χ0n) is 4.09. The molecule has 0 aromatic heterocycles. The molecule has 7 heavy (non-hydrogen) atoms. The van der Waals surface area contributed by atoms with Crippen LogP contribution < -0.4 is 0 Å². The smallest absolute Gasteiger partial charge is 0.120 e. The van der Waals surface area contributed by atoms with E-state index in [2.05, 4.69) is 6.58 Å².